The molecule has 24 heavy (non-hydrogen) atoms. The minimum absolute atomic E-state index is 0.417. The van der Waals surface area contributed by atoms with Crippen LogP contribution in [0.2, 0.25) is 0 Å². The van der Waals surface area contributed by atoms with Crippen LogP contribution in [0.4, 0.5) is 11.5 Å². The van der Waals surface area contributed by atoms with Crippen molar-refractivity contribution in [1.29, 1.82) is 0 Å². The molecule has 2 aromatic rings. The maximum atomic E-state index is 11.6. The summed E-state index contributed by atoms with van der Waals surface area (Å²) < 4.78 is 0. The summed E-state index contributed by atoms with van der Waals surface area (Å²) in [5, 5.41) is 4.25. The molecule has 0 saturated carbocycles. The van der Waals surface area contributed by atoms with E-state index in [4.69, 9.17) is 16.5 Å². The molecule has 0 unspecified atom stereocenters. The highest BCUT2D eigenvalue weighted by molar-refractivity contribution is 7.21. The second-order valence-corrected chi connectivity index (χ2v) is 7.33. The Labute approximate surface area is 146 Å². The number of pyridine rings is 1. The van der Waals surface area contributed by atoms with Gasteiger partial charge in [-0.2, -0.15) is 0 Å². The molecule has 1 fully saturated rings. The zero-order chi connectivity index (χ0) is 17.3. The van der Waals surface area contributed by atoms with Crippen molar-refractivity contribution in [2.24, 2.45) is 5.73 Å². The van der Waals surface area contributed by atoms with Crippen LogP contribution in [-0.2, 0) is 6.42 Å². The molecule has 1 saturated heterocycles. The third-order valence-corrected chi connectivity index (χ3v) is 5.85. The number of amides is 1. The normalized spacial score (nSPS) is 16.0. The molecule has 7 heteroatoms. The van der Waals surface area contributed by atoms with E-state index in [-0.39, 0.29) is 0 Å². The largest absolute Gasteiger partial charge is 0.397 e. The number of aryl methyl sites for hydroxylation is 1. The minimum atomic E-state index is -0.477. The first kappa shape index (κ1) is 17.0. The van der Waals surface area contributed by atoms with Gasteiger partial charge < -0.3 is 21.7 Å². The highest BCUT2D eigenvalue weighted by Crippen LogP contribution is 2.37. The molecule has 1 aliphatic heterocycles. The lowest BCUT2D eigenvalue weighted by molar-refractivity contribution is 0.100. The van der Waals surface area contributed by atoms with Crippen LogP contribution in [0.25, 0.3) is 10.2 Å². The molecule has 0 radical (unpaired) electrons. The van der Waals surface area contributed by atoms with E-state index in [9.17, 15) is 4.79 Å². The lowest BCUT2D eigenvalue weighted by atomic mass is 10.0. The highest BCUT2D eigenvalue weighted by Gasteiger charge is 2.23. The number of carbonyl (C=O) groups excluding carboxylic acids is 1. The SMILES string of the molecule is CCCc1cc(N2CCC(NC)CC2)nc2sc(C(N)=O)c(N)c12. The summed E-state index contributed by atoms with van der Waals surface area (Å²) in [6, 6.07) is 2.72. The van der Waals surface area contributed by atoms with Crippen LogP contribution in [0.1, 0.15) is 41.4 Å². The Hall–Kier alpha value is -1.86. The third kappa shape index (κ3) is 3.06. The summed E-state index contributed by atoms with van der Waals surface area (Å²) in [4.78, 5) is 20.0. The average Bonchev–Trinajstić information content (AvgIpc) is 2.92. The number of nitrogens with zero attached hydrogens (tertiary/aromatic N) is 2. The molecule has 0 aliphatic carbocycles. The van der Waals surface area contributed by atoms with Gasteiger partial charge in [-0.15, -0.1) is 11.3 Å². The van der Waals surface area contributed by atoms with Crippen LogP contribution < -0.4 is 21.7 Å². The summed E-state index contributed by atoms with van der Waals surface area (Å²) in [7, 11) is 2.02. The third-order valence-electron chi connectivity index (χ3n) is 4.74. The van der Waals surface area contributed by atoms with Crippen LogP contribution in [0.3, 0.4) is 0 Å². The fourth-order valence-electron chi connectivity index (χ4n) is 3.39. The Morgan fingerprint density at radius 2 is 2.17 bits per heavy atom. The van der Waals surface area contributed by atoms with Gasteiger partial charge in [0.2, 0.25) is 0 Å². The van der Waals surface area contributed by atoms with Gasteiger partial charge in [0.05, 0.1) is 5.69 Å². The van der Waals surface area contributed by atoms with Gasteiger partial charge in [0.1, 0.15) is 15.5 Å². The number of rotatable bonds is 5. The van der Waals surface area contributed by atoms with Gasteiger partial charge in [-0.25, -0.2) is 4.98 Å². The standard InChI is InChI=1S/C17H25N5OS/c1-3-4-10-9-12(22-7-5-11(20-2)6-8-22)21-17-13(10)14(18)15(24-17)16(19)23/h9,11,20H,3-8,18H2,1-2H3,(H2,19,23). The van der Waals surface area contributed by atoms with Gasteiger partial charge >= 0.3 is 0 Å². The molecule has 2 aromatic heterocycles. The summed E-state index contributed by atoms with van der Waals surface area (Å²) in [5.41, 5.74) is 13.3. The number of hydrogen-bond acceptors (Lipinski definition) is 6. The monoisotopic (exact) mass is 347 g/mol. The first-order chi connectivity index (χ1) is 11.5. The molecule has 0 bridgehead atoms. The Morgan fingerprint density at radius 1 is 1.46 bits per heavy atom. The summed E-state index contributed by atoms with van der Waals surface area (Å²) in [5.74, 6) is 0.507. The number of nitrogens with two attached hydrogens (primary N) is 2. The molecule has 130 valence electrons. The van der Waals surface area contributed by atoms with E-state index in [0.29, 0.717) is 16.6 Å². The van der Waals surface area contributed by atoms with Gasteiger partial charge in [-0.05, 0) is 37.9 Å². The fourth-order valence-corrected chi connectivity index (χ4v) is 4.38. The molecular formula is C17H25N5OS. The van der Waals surface area contributed by atoms with Crippen molar-refractivity contribution in [3.63, 3.8) is 0 Å². The number of hydrogen-bond donors (Lipinski definition) is 3. The topological polar surface area (TPSA) is 97.3 Å². The molecule has 0 spiro atoms. The maximum Gasteiger partial charge on any atom is 0.260 e. The number of aromatic nitrogens is 1. The highest BCUT2D eigenvalue weighted by atomic mass is 32.1. The zero-order valence-corrected chi connectivity index (χ0v) is 15.1. The Bertz CT molecular complexity index is 749. The molecule has 6 nitrogen and oxygen atoms in total. The molecule has 3 rings (SSSR count). The number of primary amides is 1. The molecule has 0 atom stereocenters. The van der Waals surface area contributed by atoms with Crippen molar-refractivity contribution >= 4 is 39.0 Å². The number of fused-ring (bicyclic) bond motifs is 1. The molecule has 3 heterocycles. The predicted octanol–water partition coefficient (Wildman–Crippen LogP) is 2.12. The van der Waals surface area contributed by atoms with E-state index in [1.807, 2.05) is 7.05 Å². The van der Waals surface area contributed by atoms with Crippen molar-refractivity contribution in [2.75, 3.05) is 30.8 Å². The van der Waals surface area contributed by atoms with Crippen molar-refractivity contribution < 1.29 is 4.79 Å². The predicted molar refractivity (Wildman–Crippen MR) is 101 cm³/mol. The van der Waals surface area contributed by atoms with E-state index < -0.39 is 5.91 Å². The van der Waals surface area contributed by atoms with Gasteiger partial charge in [-0.1, -0.05) is 13.3 Å². The fraction of sp³-hybridized carbons (Fsp3) is 0.529. The van der Waals surface area contributed by atoms with Crippen LogP contribution >= 0.6 is 11.3 Å². The maximum absolute atomic E-state index is 11.6. The molecule has 5 N–H and O–H groups in total. The number of nitrogens with one attached hydrogen (secondary N) is 1. The Balaban J connectivity index is 2.02. The van der Waals surface area contributed by atoms with Crippen molar-refractivity contribution in [3.05, 3.63) is 16.5 Å². The quantitative estimate of drug-likeness (QED) is 0.770. The number of anilines is 2. The smallest absolute Gasteiger partial charge is 0.260 e. The average molecular weight is 347 g/mol. The first-order valence-corrected chi connectivity index (χ1v) is 9.30. The van der Waals surface area contributed by atoms with Crippen LogP contribution in [-0.4, -0.2) is 37.1 Å². The van der Waals surface area contributed by atoms with Gasteiger partial charge in [0.25, 0.3) is 5.91 Å². The van der Waals surface area contributed by atoms with Crippen molar-refractivity contribution in [2.45, 2.75) is 38.6 Å². The molecule has 0 aromatic carbocycles. The van der Waals surface area contributed by atoms with Crippen LogP contribution in [0, 0.1) is 0 Å². The van der Waals surface area contributed by atoms with Crippen molar-refractivity contribution in [1.82, 2.24) is 10.3 Å². The number of thiophene rings is 1. The van der Waals surface area contributed by atoms with Gasteiger partial charge in [0, 0.05) is 24.5 Å². The lowest BCUT2D eigenvalue weighted by Crippen LogP contribution is -2.41. The first-order valence-electron chi connectivity index (χ1n) is 8.49. The van der Waals surface area contributed by atoms with Crippen LogP contribution in [0.15, 0.2) is 6.07 Å². The van der Waals surface area contributed by atoms with Gasteiger partial charge in [0.15, 0.2) is 0 Å². The van der Waals surface area contributed by atoms with E-state index in [1.54, 1.807) is 0 Å². The Kier molecular flexibility index (Phi) is 4.91. The van der Waals surface area contributed by atoms with E-state index in [2.05, 4.69) is 23.2 Å². The number of piperidine rings is 1. The molecular weight excluding hydrogens is 322 g/mol. The summed E-state index contributed by atoms with van der Waals surface area (Å²) in [6.07, 6.45) is 4.15. The van der Waals surface area contributed by atoms with Crippen LogP contribution in [0.5, 0.6) is 0 Å². The second kappa shape index (κ2) is 6.94. The number of carbonyl (C=O) groups is 1. The van der Waals surface area contributed by atoms with E-state index in [1.165, 1.54) is 11.3 Å². The summed E-state index contributed by atoms with van der Waals surface area (Å²) >= 11 is 1.31. The van der Waals surface area contributed by atoms with Crippen molar-refractivity contribution in [3.8, 4) is 0 Å². The number of nitrogen functional groups attached to an aromatic ring is 1. The molecule has 1 aliphatic rings. The zero-order valence-electron chi connectivity index (χ0n) is 14.3. The van der Waals surface area contributed by atoms with E-state index >= 15 is 0 Å². The minimum Gasteiger partial charge on any atom is -0.397 e. The summed E-state index contributed by atoms with van der Waals surface area (Å²) in [6.45, 7) is 4.11. The van der Waals surface area contributed by atoms with E-state index in [0.717, 1.165) is 60.4 Å². The Morgan fingerprint density at radius 3 is 2.75 bits per heavy atom. The van der Waals surface area contributed by atoms with Gasteiger partial charge in [-0.3, -0.25) is 4.79 Å². The molecule has 1 amide bonds. The lowest BCUT2D eigenvalue weighted by Gasteiger charge is -2.32. The second-order valence-electron chi connectivity index (χ2n) is 6.33.